The molecule has 0 radical (unpaired) electrons. The van der Waals surface area contributed by atoms with Crippen LogP contribution in [0.3, 0.4) is 0 Å². The molecule has 1 heterocycles. The number of fused-ring (bicyclic) bond motifs is 1. The van der Waals surface area contributed by atoms with Gasteiger partial charge in [0.25, 0.3) is 5.91 Å². The lowest BCUT2D eigenvalue weighted by Gasteiger charge is -2.30. The molecule has 1 aliphatic heterocycles. The smallest absolute Gasteiger partial charge is 0.251 e. The van der Waals surface area contributed by atoms with Crippen LogP contribution in [-0.2, 0) is 17.8 Å². The monoisotopic (exact) mass is 382 g/mol. The van der Waals surface area contributed by atoms with E-state index in [-0.39, 0.29) is 24.3 Å². The van der Waals surface area contributed by atoms with E-state index in [1.54, 1.807) is 26.4 Å². The Morgan fingerprint density at radius 1 is 1.07 bits per heavy atom. The number of amides is 2. The number of ether oxygens (including phenoxy) is 2. The summed E-state index contributed by atoms with van der Waals surface area (Å²) in [6.45, 7) is 3.04. The molecule has 2 amide bonds. The molecule has 2 aromatic rings. The summed E-state index contributed by atoms with van der Waals surface area (Å²) >= 11 is 0. The van der Waals surface area contributed by atoms with Gasteiger partial charge < -0.3 is 19.7 Å². The lowest BCUT2D eigenvalue weighted by molar-refractivity contribution is -0.132. The molecule has 0 saturated heterocycles. The number of benzene rings is 2. The van der Waals surface area contributed by atoms with Crippen LogP contribution in [0.1, 0.15) is 34.8 Å². The predicted octanol–water partition coefficient (Wildman–Crippen LogP) is 2.80. The summed E-state index contributed by atoms with van der Waals surface area (Å²) in [5, 5.41) is 2.90. The van der Waals surface area contributed by atoms with Crippen molar-refractivity contribution in [2.24, 2.45) is 0 Å². The molecule has 0 spiro atoms. The molecule has 6 heteroatoms. The molecule has 3 rings (SSSR count). The number of carbonyl (C=O) groups is 2. The van der Waals surface area contributed by atoms with E-state index in [0.29, 0.717) is 30.2 Å². The van der Waals surface area contributed by atoms with E-state index >= 15 is 0 Å². The van der Waals surface area contributed by atoms with Crippen molar-refractivity contribution in [1.82, 2.24) is 10.2 Å². The lowest BCUT2D eigenvalue weighted by Crippen LogP contribution is -2.41. The van der Waals surface area contributed by atoms with Gasteiger partial charge in [0.1, 0.15) is 0 Å². The maximum absolute atomic E-state index is 12.7. The molecule has 28 heavy (non-hydrogen) atoms. The van der Waals surface area contributed by atoms with Crippen LogP contribution in [0.5, 0.6) is 11.5 Å². The van der Waals surface area contributed by atoms with Crippen LogP contribution in [0, 0.1) is 0 Å². The molecule has 0 aliphatic carbocycles. The summed E-state index contributed by atoms with van der Waals surface area (Å²) in [4.78, 5) is 26.8. The Bertz CT molecular complexity index is 851. The van der Waals surface area contributed by atoms with Gasteiger partial charge in [-0.2, -0.15) is 0 Å². The Morgan fingerprint density at radius 3 is 2.36 bits per heavy atom. The summed E-state index contributed by atoms with van der Waals surface area (Å²) in [5.41, 5.74) is 2.83. The minimum absolute atomic E-state index is 0.0290. The van der Waals surface area contributed by atoms with Crippen LogP contribution in [0.2, 0.25) is 0 Å². The second kappa shape index (κ2) is 8.78. The summed E-state index contributed by atoms with van der Waals surface area (Å²) in [6, 6.07) is 12.7. The van der Waals surface area contributed by atoms with E-state index in [9.17, 15) is 9.59 Å². The SMILES string of the molecule is COc1cc2c(cc1OC)CN(C(=O)CC(C)NC(=O)c1ccccc1)CC2. The Kier molecular flexibility index (Phi) is 6.19. The molecular weight excluding hydrogens is 356 g/mol. The zero-order chi connectivity index (χ0) is 20.1. The third-order valence-electron chi connectivity index (χ3n) is 4.97. The zero-order valence-corrected chi connectivity index (χ0v) is 16.5. The van der Waals surface area contributed by atoms with Crippen LogP contribution in [0.4, 0.5) is 0 Å². The topological polar surface area (TPSA) is 67.9 Å². The second-order valence-electron chi connectivity index (χ2n) is 6.99. The fourth-order valence-electron chi connectivity index (χ4n) is 3.43. The highest BCUT2D eigenvalue weighted by Gasteiger charge is 2.24. The van der Waals surface area contributed by atoms with Gasteiger partial charge in [0.05, 0.1) is 14.2 Å². The Labute approximate surface area is 165 Å². The highest BCUT2D eigenvalue weighted by atomic mass is 16.5. The third-order valence-corrected chi connectivity index (χ3v) is 4.97. The van der Waals surface area contributed by atoms with Gasteiger partial charge in [-0.15, -0.1) is 0 Å². The van der Waals surface area contributed by atoms with Crippen molar-refractivity contribution in [2.45, 2.75) is 32.4 Å². The largest absolute Gasteiger partial charge is 0.493 e. The van der Waals surface area contributed by atoms with E-state index in [1.807, 2.05) is 42.2 Å². The maximum Gasteiger partial charge on any atom is 0.251 e. The van der Waals surface area contributed by atoms with E-state index in [1.165, 1.54) is 5.56 Å². The van der Waals surface area contributed by atoms with E-state index in [0.717, 1.165) is 12.0 Å². The van der Waals surface area contributed by atoms with Crippen LogP contribution in [0.25, 0.3) is 0 Å². The molecule has 0 saturated carbocycles. The van der Waals surface area contributed by atoms with Gasteiger partial charge in [0.2, 0.25) is 5.91 Å². The molecule has 148 valence electrons. The molecule has 0 bridgehead atoms. The van der Waals surface area contributed by atoms with E-state index in [2.05, 4.69) is 5.32 Å². The molecule has 6 nitrogen and oxygen atoms in total. The highest BCUT2D eigenvalue weighted by Crippen LogP contribution is 2.33. The summed E-state index contributed by atoms with van der Waals surface area (Å²) in [5.74, 6) is 1.24. The van der Waals surface area contributed by atoms with Gasteiger partial charge in [0, 0.05) is 31.1 Å². The number of hydrogen-bond acceptors (Lipinski definition) is 4. The van der Waals surface area contributed by atoms with Gasteiger partial charge in [-0.1, -0.05) is 18.2 Å². The number of rotatable bonds is 6. The normalized spacial score (nSPS) is 14.0. The number of carbonyl (C=O) groups excluding carboxylic acids is 2. The van der Waals surface area contributed by atoms with Gasteiger partial charge in [-0.05, 0) is 48.7 Å². The number of nitrogens with one attached hydrogen (secondary N) is 1. The standard InChI is InChI=1S/C22H26N2O4/c1-15(23-22(26)16-7-5-4-6-8-16)11-21(25)24-10-9-17-12-19(27-2)20(28-3)13-18(17)14-24/h4-8,12-13,15H,9-11,14H2,1-3H3,(H,23,26). The molecule has 2 aromatic carbocycles. The van der Waals surface area contributed by atoms with Crippen LogP contribution in [0.15, 0.2) is 42.5 Å². The highest BCUT2D eigenvalue weighted by molar-refractivity contribution is 5.94. The predicted molar refractivity (Wildman–Crippen MR) is 107 cm³/mol. The average molecular weight is 382 g/mol. The molecule has 1 unspecified atom stereocenters. The molecule has 1 N–H and O–H groups in total. The minimum atomic E-state index is -0.244. The van der Waals surface area contributed by atoms with Crippen LogP contribution < -0.4 is 14.8 Å². The van der Waals surface area contributed by atoms with Crippen molar-refractivity contribution in [3.05, 3.63) is 59.2 Å². The number of hydrogen-bond donors (Lipinski definition) is 1. The quantitative estimate of drug-likeness (QED) is 0.834. The second-order valence-corrected chi connectivity index (χ2v) is 6.99. The number of methoxy groups -OCH3 is 2. The Hall–Kier alpha value is -3.02. The Morgan fingerprint density at radius 2 is 1.71 bits per heavy atom. The fraction of sp³-hybridized carbons (Fsp3) is 0.364. The molecule has 0 fully saturated rings. The zero-order valence-electron chi connectivity index (χ0n) is 16.5. The van der Waals surface area contributed by atoms with Crippen LogP contribution in [-0.4, -0.2) is 43.5 Å². The first kappa shape index (κ1) is 19.7. The van der Waals surface area contributed by atoms with E-state index in [4.69, 9.17) is 9.47 Å². The average Bonchev–Trinajstić information content (AvgIpc) is 2.72. The molecule has 1 atom stereocenters. The Balaban J connectivity index is 1.60. The van der Waals surface area contributed by atoms with Gasteiger partial charge in [0.15, 0.2) is 11.5 Å². The summed E-state index contributed by atoms with van der Waals surface area (Å²) in [7, 11) is 3.22. The van der Waals surface area contributed by atoms with Gasteiger partial charge in [-0.25, -0.2) is 0 Å². The summed E-state index contributed by atoms with van der Waals surface area (Å²) in [6.07, 6.45) is 1.04. The van der Waals surface area contributed by atoms with Crippen LogP contribution >= 0.6 is 0 Å². The first-order valence-corrected chi connectivity index (χ1v) is 9.39. The minimum Gasteiger partial charge on any atom is -0.493 e. The van der Waals surface area contributed by atoms with Crippen molar-refractivity contribution in [3.63, 3.8) is 0 Å². The maximum atomic E-state index is 12.7. The van der Waals surface area contributed by atoms with Crippen molar-refractivity contribution in [2.75, 3.05) is 20.8 Å². The van der Waals surface area contributed by atoms with Crippen molar-refractivity contribution in [3.8, 4) is 11.5 Å². The van der Waals surface area contributed by atoms with E-state index < -0.39 is 0 Å². The van der Waals surface area contributed by atoms with Gasteiger partial charge >= 0.3 is 0 Å². The fourth-order valence-corrected chi connectivity index (χ4v) is 3.43. The third kappa shape index (κ3) is 4.44. The van der Waals surface area contributed by atoms with Gasteiger partial charge in [-0.3, -0.25) is 9.59 Å². The summed E-state index contributed by atoms with van der Waals surface area (Å²) < 4.78 is 10.7. The first-order valence-electron chi connectivity index (χ1n) is 9.39. The molecule has 1 aliphatic rings. The van der Waals surface area contributed by atoms with Crippen molar-refractivity contribution < 1.29 is 19.1 Å². The number of nitrogens with zero attached hydrogens (tertiary/aromatic N) is 1. The first-order chi connectivity index (χ1) is 13.5. The van der Waals surface area contributed by atoms with Crippen molar-refractivity contribution >= 4 is 11.8 Å². The molecule has 0 aromatic heterocycles. The molecular formula is C22H26N2O4. The van der Waals surface area contributed by atoms with Crippen molar-refractivity contribution in [1.29, 1.82) is 0 Å². The lowest BCUT2D eigenvalue weighted by atomic mass is 9.98.